The number of ketones is 1. The van der Waals surface area contributed by atoms with Crippen molar-refractivity contribution in [2.24, 2.45) is 17.3 Å². The van der Waals surface area contributed by atoms with Gasteiger partial charge in [-0.2, -0.15) is 0 Å². The Labute approximate surface area is 166 Å². The van der Waals surface area contributed by atoms with Crippen LogP contribution in [0.15, 0.2) is 24.3 Å². The van der Waals surface area contributed by atoms with Crippen molar-refractivity contribution in [1.29, 1.82) is 0 Å². The van der Waals surface area contributed by atoms with Crippen molar-refractivity contribution in [3.05, 3.63) is 24.3 Å². The van der Waals surface area contributed by atoms with Crippen LogP contribution in [0.2, 0.25) is 0 Å². The minimum absolute atomic E-state index is 0.113. The van der Waals surface area contributed by atoms with E-state index in [0.717, 1.165) is 57.8 Å². The van der Waals surface area contributed by atoms with Crippen LogP contribution in [0.4, 0.5) is 0 Å². The Bertz CT molecular complexity index is 486. The summed E-state index contributed by atoms with van der Waals surface area (Å²) in [6.07, 6.45) is 18.4. The largest absolute Gasteiger partial charge is 0.469 e. The first-order valence-corrected chi connectivity index (χ1v) is 11.0. The van der Waals surface area contributed by atoms with Crippen LogP contribution >= 0.6 is 0 Å². The molecule has 0 spiro atoms. The molecule has 0 heterocycles. The lowest BCUT2D eigenvalue weighted by Gasteiger charge is -2.39. The number of allylic oxidation sites excluding steroid dienone is 4. The van der Waals surface area contributed by atoms with E-state index in [1.165, 1.54) is 7.11 Å². The Morgan fingerprint density at radius 2 is 1.63 bits per heavy atom. The molecule has 27 heavy (non-hydrogen) atoms. The summed E-state index contributed by atoms with van der Waals surface area (Å²) in [6, 6.07) is 0. The highest BCUT2D eigenvalue weighted by Crippen LogP contribution is 2.50. The summed E-state index contributed by atoms with van der Waals surface area (Å²) < 4.78 is 5.33. The normalized spacial score (nSPS) is 20.8. The third-order valence-corrected chi connectivity index (χ3v) is 6.06. The molecule has 1 fully saturated rings. The van der Waals surface area contributed by atoms with Crippen molar-refractivity contribution in [2.45, 2.75) is 91.4 Å². The van der Waals surface area contributed by atoms with E-state index in [4.69, 9.17) is 4.74 Å². The average Bonchev–Trinajstić information content (AvgIpc) is 3.05. The van der Waals surface area contributed by atoms with Gasteiger partial charge in [-0.15, -0.1) is 0 Å². The number of hydrogen-bond acceptors (Lipinski definition) is 3. The van der Waals surface area contributed by atoms with Gasteiger partial charge >= 0.3 is 5.97 Å². The highest BCUT2D eigenvalue weighted by atomic mass is 16.5. The van der Waals surface area contributed by atoms with Crippen LogP contribution in [0, 0.1) is 17.3 Å². The highest BCUT2D eigenvalue weighted by Gasteiger charge is 2.51. The molecule has 0 aromatic carbocycles. The second-order valence-corrected chi connectivity index (χ2v) is 7.94. The van der Waals surface area contributed by atoms with Crippen LogP contribution in [-0.4, -0.2) is 18.9 Å². The lowest BCUT2D eigenvalue weighted by molar-refractivity contribution is -0.159. The van der Waals surface area contributed by atoms with Gasteiger partial charge in [0, 0.05) is 12.8 Å². The van der Waals surface area contributed by atoms with Crippen LogP contribution in [0.1, 0.15) is 91.4 Å². The van der Waals surface area contributed by atoms with Crippen LogP contribution in [-0.2, 0) is 14.3 Å². The maximum atomic E-state index is 13.1. The Kier molecular flexibility index (Phi) is 11.3. The fraction of sp³-hybridized carbons (Fsp3) is 0.750. The second kappa shape index (κ2) is 12.9. The molecular formula is C24H40O3. The molecule has 0 aromatic rings. The SMILES string of the molecule is CC/C=C\CCC(CC/C=C\CC)(C(=O)OC)C1CC(=O)CC1CCCC. The number of Topliss-reactive ketones (excluding diaryl/α,β-unsaturated/α-hetero) is 1. The van der Waals surface area contributed by atoms with Gasteiger partial charge in [-0.05, 0) is 56.8 Å². The number of carbonyl (C=O) groups excluding carboxylic acids is 2. The lowest BCUT2D eigenvalue weighted by Crippen LogP contribution is -2.41. The molecular weight excluding hydrogens is 336 g/mol. The standard InChI is InChI=1S/C24H40O3/c1-5-8-11-13-16-24(23(26)27-4,17-14-12-9-6-2)22-19-21(25)18-20(22)15-10-7-3/h8-9,11-12,20,22H,5-7,10,13-19H2,1-4H3/b11-8-,12-9-. The summed E-state index contributed by atoms with van der Waals surface area (Å²) in [5.74, 6) is 0.650. The molecule has 0 amide bonds. The molecule has 0 bridgehead atoms. The zero-order valence-corrected chi connectivity index (χ0v) is 18.0. The maximum Gasteiger partial charge on any atom is 0.312 e. The molecule has 0 saturated heterocycles. The zero-order valence-electron chi connectivity index (χ0n) is 18.0. The predicted octanol–water partition coefficient (Wildman–Crippen LogP) is 6.42. The second-order valence-electron chi connectivity index (χ2n) is 7.94. The summed E-state index contributed by atoms with van der Waals surface area (Å²) >= 11 is 0. The number of rotatable bonds is 13. The highest BCUT2D eigenvalue weighted by molar-refractivity contribution is 5.84. The van der Waals surface area contributed by atoms with E-state index in [-0.39, 0.29) is 11.9 Å². The molecule has 154 valence electrons. The number of unbranched alkanes of at least 4 members (excludes halogenated alkanes) is 1. The molecule has 0 aromatic heterocycles. The quantitative estimate of drug-likeness (QED) is 0.275. The molecule has 0 N–H and O–H groups in total. The third-order valence-electron chi connectivity index (χ3n) is 6.06. The smallest absolute Gasteiger partial charge is 0.312 e. The zero-order chi connectivity index (χ0) is 20.1. The first-order valence-electron chi connectivity index (χ1n) is 11.0. The number of ether oxygens (including phenoxy) is 1. The van der Waals surface area contributed by atoms with Gasteiger partial charge in [0.05, 0.1) is 12.5 Å². The van der Waals surface area contributed by atoms with E-state index in [1.54, 1.807) is 0 Å². The van der Waals surface area contributed by atoms with Gasteiger partial charge < -0.3 is 4.74 Å². The summed E-state index contributed by atoms with van der Waals surface area (Å²) in [6.45, 7) is 6.43. The Balaban J connectivity index is 3.15. The van der Waals surface area contributed by atoms with E-state index >= 15 is 0 Å². The maximum absolute atomic E-state index is 13.1. The lowest BCUT2D eigenvalue weighted by atomic mass is 9.64. The molecule has 1 aliphatic rings. The molecule has 2 atom stereocenters. The Hall–Kier alpha value is -1.38. The molecule has 0 radical (unpaired) electrons. The van der Waals surface area contributed by atoms with E-state index < -0.39 is 5.41 Å². The summed E-state index contributed by atoms with van der Waals surface area (Å²) in [5, 5.41) is 0. The topological polar surface area (TPSA) is 43.4 Å². The van der Waals surface area contributed by atoms with E-state index in [1.807, 2.05) is 0 Å². The molecule has 2 unspecified atom stereocenters. The van der Waals surface area contributed by atoms with Gasteiger partial charge in [-0.1, -0.05) is 57.9 Å². The first-order chi connectivity index (χ1) is 13.1. The van der Waals surface area contributed by atoms with Crippen molar-refractivity contribution in [3.8, 4) is 0 Å². The van der Waals surface area contributed by atoms with Crippen LogP contribution in [0.3, 0.4) is 0 Å². The summed E-state index contributed by atoms with van der Waals surface area (Å²) in [5.41, 5.74) is -0.546. The molecule has 1 saturated carbocycles. The van der Waals surface area contributed by atoms with Crippen molar-refractivity contribution < 1.29 is 14.3 Å². The minimum atomic E-state index is -0.546. The van der Waals surface area contributed by atoms with Crippen molar-refractivity contribution in [2.75, 3.05) is 7.11 Å². The van der Waals surface area contributed by atoms with Gasteiger partial charge in [-0.3, -0.25) is 9.59 Å². The van der Waals surface area contributed by atoms with Gasteiger partial charge in [0.1, 0.15) is 5.78 Å². The van der Waals surface area contributed by atoms with E-state index in [9.17, 15) is 9.59 Å². The first kappa shape index (κ1) is 23.7. The van der Waals surface area contributed by atoms with Crippen molar-refractivity contribution in [1.82, 2.24) is 0 Å². The average molecular weight is 377 g/mol. The van der Waals surface area contributed by atoms with Crippen molar-refractivity contribution in [3.63, 3.8) is 0 Å². The molecule has 0 aliphatic heterocycles. The van der Waals surface area contributed by atoms with Crippen LogP contribution in [0.5, 0.6) is 0 Å². The Morgan fingerprint density at radius 1 is 1.04 bits per heavy atom. The third kappa shape index (κ3) is 6.93. The minimum Gasteiger partial charge on any atom is -0.469 e. The molecule has 3 nitrogen and oxygen atoms in total. The Morgan fingerprint density at radius 3 is 2.11 bits per heavy atom. The number of esters is 1. The molecule has 1 rings (SSSR count). The van der Waals surface area contributed by atoms with Gasteiger partial charge in [-0.25, -0.2) is 0 Å². The predicted molar refractivity (Wildman–Crippen MR) is 113 cm³/mol. The number of hydrogen-bond donors (Lipinski definition) is 0. The van der Waals surface area contributed by atoms with Gasteiger partial charge in [0.15, 0.2) is 0 Å². The number of carbonyl (C=O) groups is 2. The summed E-state index contributed by atoms with van der Waals surface area (Å²) in [4.78, 5) is 25.4. The monoisotopic (exact) mass is 376 g/mol. The summed E-state index contributed by atoms with van der Waals surface area (Å²) in [7, 11) is 1.50. The molecule has 1 aliphatic carbocycles. The van der Waals surface area contributed by atoms with Gasteiger partial charge in [0.2, 0.25) is 0 Å². The fourth-order valence-electron chi connectivity index (χ4n) is 4.65. The van der Waals surface area contributed by atoms with Gasteiger partial charge in [0.25, 0.3) is 0 Å². The van der Waals surface area contributed by atoms with Crippen molar-refractivity contribution >= 4 is 11.8 Å². The van der Waals surface area contributed by atoms with E-state index in [0.29, 0.717) is 24.5 Å². The van der Waals surface area contributed by atoms with E-state index in [2.05, 4.69) is 45.1 Å². The molecule has 3 heteroatoms. The van der Waals surface area contributed by atoms with Crippen LogP contribution in [0.25, 0.3) is 0 Å². The number of methoxy groups -OCH3 is 1. The van der Waals surface area contributed by atoms with Crippen LogP contribution < -0.4 is 0 Å². The fourth-order valence-corrected chi connectivity index (χ4v) is 4.65.